The molecule has 0 heterocycles. The fourth-order valence-corrected chi connectivity index (χ4v) is 3.09. The van der Waals surface area contributed by atoms with Crippen molar-refractivity contribution in [3.63, 3.8) is 0 Å². The number of nitriles is 1. The molecule has 0 saturated carbocycles. The molecular weight excluding hydrogens is 266 g/mol. The van der Waals surface area contributed by atoms with Gasteiger partial charge in [0.25, 0.3) is 0 Å². The fourth-order valence-electron chi connectivity index (χ4n) is 3.09. The molecule has 2 rings (SSSR count). The minimum atomic E-state index is -0.0821. The SMILES string of the molecule is Cc1cc(C)c(CC(C#N)c2ccc(C(C)C)cc2)c(C)c1. The first-order chi connectivity index (χ1) is 10.4. The van der Waals surface area contributed by atoms with Gasteiger partial charge in [-0.2, -0.15) is 5.26 Å². The van der Waals surface area contributed by atoms with Crippen molar-refractivity contribution in [3.05, 3.63) is 69.8 Å². The molecule has 0 aliphatic carbocycles. The van der Waals surface area contributed by atoms with Crippen LogP contribution >= 0.6 is 0 Å². The van der Waals surface area contributed by atoms with E-state index in [0.29, 0.717) is 5.92 Å². The highest BCUT2D eigenvalue weighted by Gasteiger charge is 2.15. The molecule has 1 nitrogen and oxygen atoms in total. The largest absolute Gasteiger partial charge is 0.198 e. The molecule has 1 atom stereocenters. The molecule has 1 heteroatoms. The third-order valence-electron chi connectivity index (χ3n) is 4.41. The summed E-state index contributed by atoms with van der Waals surface area (Å²) < 4.78 is 0. The molecule has 1 unspecified atom stereocenters. The molecule has 0 fully saturated rings. The predicted octanol–water partition coefficient (Wildman–Crippen LogP) is 5.59. The number of aryl methyl sites for hydroxylation is 3. The van der Waals surface area contributed by atoms with Crippen LogP contribution in [0, 0.1) is 32.1 Å². The van der Waals surface area contributed by atoms with Crippen molar-refractivity contribution >= 4 is 0 Å². The summed E-state index contributed by atoms with van der Waals surface area (Å²) in [5, 5.41) is 9.61. The Morgan fingerprint density at radius 3 is 1.86 bits per heavy atom. The van der Waals surface area contributed by atoms with Crippen molar-refractivity contribution in [2.75, 3.05) is 0 Å². The van der Waals surface area contributed by atoms with Gasteiger partial charge >= 0.3 is 0 Å². The Kier molecular flexibility index (Phi) is 5.03. The molecule has 2 aromatic carbocycles. The van der Waals surface area contributed by atoms with Crippen LogP contribution in [0.3, 0.4) is 0 Å². The molecule has 22 heavy (non-hydrogen) atoms. The van der Waals surface area contributed by atoms with Crippen molar-refractivity contribution in [2.24, 2.45) is 0 Å². The predicted molar refractivity (Wildman–Crippen MR) is 93.2 cm³/mol. The van der Waals surface area contributed by atoms with E-state index in [4.69, 9.17) is 0 Å². The van der Waals surface area contributed by atoms with Crippen LogP contribution in [0.15, 0.2) is 36.4 Å². The Labute approximate surface area is 134 Å². The van der Waals surface area contributed by atoms with Gasteiger partial charge in [0.05, 0.1) is 12.0 Å². The van der Waals surface area contributed by atoms with Gasteiger partial charge in [-0.05, 0) is 60.9 Å². The molecule has 0 amide bonds. The first-order valence-electron chi connectivity index (χ1n) is 7.98. The second-order valence-corrected chi connectivity index (χ2v) is 6.58. The average Bonchev–Trinajstić information content (AvgIpc) is 2.47. The van der Waals surface area contributed by atoms with Gasteiger partial charge < -0.3 is 0 Å². The minimum absolute atomic E-state index is 0.0821. The van der Waals surface area contributed by atoms with Crippen LogP contribution in [0.2, 0.25) is 0 Å². The standard InChI is InChI=1S/C21H25N/c1-14(2)18-6-8-19(9-7-18)20(13-22)12-21-16(4)10-15(3)11-17(21)5/h6-11,14,20H,12H2,1-5H3. The number of hydrogen-bond acceptors (Lipinski definition) is 1. The third kappa shape index (κ3) is 3.57. The van der Waals surface area contributed by atoms with Gasteiger partial charge in [-0.15, -0.1) is 0 Å². The van der Waals surface area contributed by atoms with Crippen LogP contribution in [-0.2, 0) is 6.42 Å². The summed E-state index contributed by atoms with van der Waals surface area (Å²) >= 11 is 0. The van der Waals surface area contributed by atoms with Gasteiger partial charge in [0.1, 0.15) is 0 Å². The molecule has 2 aromatic rings. The Morgan fingerprint density at radius 1 is 0.909 bits per heavy atom. The molecular formula is C21H25N. The maximum atomic E-state index is 9.61. The Balaban J connectivity index is 2.29. The lowest BCUT2D eigenvalue weighted by molar-refractivity contribution is 0.827. The molecule has 0 aromatic heterocycles. The zero-order valence-electron chi connectivity index (χ0n) is 14.3. The van der Waals surface area contributed by atoms with Crippen LogP contribution in [0.1, 0.15) is 59.1 Å². The van der Waals surface area contributed by atoms with Crippen LogP contribution in [0.5, 0.6) is 0 Å². The highest BCUT2D eigenvalue weighted by molar-refractivity contribution is 5.40. The highest BCUT2D eigenvalue weighted by Crippen LogP contribution is 2.26. The van der Waals surface area contributed by atoms with E-state index in [0.717, 1.165) is 12.0 Å². The van der Waals surface area contributed by atoms with Crippen molar-refractivity contribution in [2.45, 2.75) is 52.9 Å². The summed E-state index contributed by atoms with van der Waals surface area (Å²) in [6.07, 6.45) is 0.787. The number of rotatable bonds is 4. The van der Waals surface area contributed by atoms with Crippen molar-refractivity contribution in [1.82, 2.24) is 0 Å². The van der Waals surface area contributed by atoms with Gasteiger partial charge in [0.2, 0.25) is 0 Å². The Bertz CT molecular complexity index is 664. The van der Waals surface area contributed by atoms with E-state index in [1.54, 1.807) is 0 Å². The van der Waals surface area contributed by atoms with Crippen LogP contribution < -0.4 is 0 Å². The molecule has 0 aliphatic rings. The normalized spacial score (nSPS) is 12.2. The highest BCUT2D eigenvalue weighted by atomic mass is 14.3. The molecule has 0 N–H and O–H groups in total. The van der Waals surface area contributed by atoms with E-state index in [-0.39, 0.29) is 5.92 Å². The summed E-state index contributed by atoms with van der Waals surface area (Å²) in [6, 6.07) is 15.4. The zero-order chi connectivity index (χ0) is 16.3. The van der Waals surface area contributed by atoms with E-state index in [9.17, 15) is 5.26 Å². The third-order valence-corrected chi connectivity index (χ3v) is 4.41. The first kappa shape index (κ1) is 16.3. The monoisotopic (exact) mass is 291 g/mol. The minimum Gasteiger partial charge on any atom is -0.198 e. The van der Waals surface area contributed by atoms with Crippen LogP contribution in [0.4, 0.5) is 0 Å². The molecule has 0 radical (unpaired) electrons. The molecule has 114 valence electrons. The maximum Gasteiger partial charge on any atom is 0.0753 e. The number of hydrogen-bond donors (Lipinski definition) is 0. The summed E-state index contributed by atoms with van der Waals surface area (Å²) in [6.45, 7) is 10.8. The van der Waals surface area contributed by atoms with Crippen molar-refractivity contribution in [1.29, 1.82) is 5.26 Å². The number of benzene rings is 2. The lowest BCUT2D eigenvalue weighted by Crippen LogP contribution is -2.05. The van der Waals surface area contributed by atoms with E-state index in [1.165, 1.54) is 27.8 Å². The lowest BCUT2D eigenvalue weighted by Gasteiger charge is -2.16. The van der Waals surface area contributed by atoms with Crippen molar-refractivity contribution < 1.29 is 0 Å². The smallest absolute Gasteiger partial charge is 0.0753 e. The summed E-state index contributed by atoms with van der Waals surface area (Å²) in [7, 11) is 0. The van der Waals surface area contributed by atoms with Crippen molar-refractivity contribution in [3.8, 4) is 6.07 Å². The van der Waals surface area contributed by atoms with Crippen LogP contribution in [-0.4, -0.2) is 0 Å². The Morgan fingerprint density at radius 2 is 1.41 bits per heavy atom. The summed E-state index contributed by atoms with van der Waals surface area (Å²) in [5.41, 5.74) is 7.61. The second kappa shape index (κ2) is 6.79. The fraction of sp³-hybridized carbons (Fsp3) is 0.381. The molecule has 0 bridgehead atoms. The van der Waals surface area contributed by atoms with E-state index < -0.39 is 0 Å². The van der Waals surface area contributed by atoms with Gasteiger partial charge in [-0.3, -0.25) is 0 Å². The average molecular weight is 291 g/mol. The summed E-state index contributed by atoms with van der Waals surface area (Å²) in [5.74, 6) is 0.442. The maximum absolute atomic E-state index is 9.61. The quantitative estimate of drug-likeness (QED) is 0.720. The molecule has 0 spiro atoms. The molecule has 0 aliphatic heterocycles. The lowest BCUT2D eigenvalue weighted by atomic mass is 9.87. The zero-order valence-corrected chi connectivity index (χ0v) is 14.3. The van der Waals surface area contributed by atoms with E-state index >= 15 is 0 Å². The summed E-state index contributed by atoms with van der Waals surface area (Å²) in [4.78, 5) is 0. The van der Waals surface area contributed by atoms with E-state index in [2.05, 4.69) is 77.1 Å². The topological polar surface area (TPSA) is 23.8 Å². The van der Waals surface area contributed by atoms with Gasteiger partial charge in [0.15, 0.2) is 0 Å². The Hall–Kier alpha value is -2.07. The molecule has 0 saturated heterocycles. The second-order valence-electron chi connectivity index (χ2n) is 6.58. The first-order valence-corrected chi connectivity index (χ1v) is 7.98. The van der Waals surface area contributed by atoms with Gasteiger partial charge in [-0.1, -0.05) is 55.8 Å². The van der Waals surface area contributed by atoms with Gasteiger partial charge in [-0.25, -0.2) is 0 Å². The van der Waals surface area contributed by atoms with Gasteiger partial charge in [0, 0.05) is 0 Å². The number of nitrogens with zero attached hydrogens (tertiary/aromatic N) is 1. The van der Waals surface area contributed by atoms with E-state index in [1.807, 2.05) is 0 Å². The van der Waals surface area contributed by atoms with Crippen LogP contribution in [0.25, 0.3) is 0 Å².